The number of rotatable bonds is 7. The van der Waals surface area contributed by atoms with Crippen LogP contribution in [0.5, 0.6) is 0 Å². The van der Waals surface area contributed by atoms with Gasteiger partial charge in [0.2, 0.25) is 11.6 Å². The van der Waals surface area contributed by atoms with Gasteiger partial charge in [-0.3, -0.25) is 9.59 Å². The first-order valence-electron chi connectivity index (χ1n) is 10.6. The number of carbonyl (C=O) groups is 2. The number of amides is 2. The summed E-state index contributed by atoms with van der Waals surface area (Å²) in [4.78, 5) is 30.1. The van der Waals surface area contributed by atoms with Crippen LogP contribution in [0.1, 0.15) is 26.3 Å². The Hall–Kier alpha value is -2.90. The van der Waals surface area contributed by atoms with E-state index in [2.05, 4.69) is 22.3 Å². The van der Waals surface area contributed by atoms with Gasteiger partial charge in [-0.15, -0.1) is 0 Å². The van der Waals surface area contributed by atoms with E-state index in [0.717, 1.165) is 11.3 Å². The molecule has 7 nitrogen and oxygen atoms in total. The molecule has 0 radical (unpaired) electrons. The largest absolute Gasteiger partial charge is 0.368 e. The summed E-state index contributed by atoms with van der Waals surface area (Å²) in [6, 6.07) is 19.7. The zero-order valence-corrected chi connectivity index (χ0v) is 18.5. The first kappa shape index (κ1) is 22.8. The van der Waals surface area contributed by atoms with Crippen molar-refractivity contribution in [3.63, 3.8) is 0 Å². The third kappa shape index (κ3) is 5.83. The van der Waals surface area contributed by atoms with Crippen LogP contribution in [0.25, 0.3) is 0 Å². The molecule has 0 aliphatic carbocycles. The molecule has 1 aliphatic rings. The highest BCUT2D eigenvalue weighted by Gasteiger charge is 2.42. The Balaban J connectivity index is 1.71. The summed E-state index contributed by atoms with van der Waals surface area (Å²) >= 11 is 0. The van der Waals surface area contributed by atoms with Gasteiger partial charge in [-0.1, -0.05) is 48.5 Å². The van der Waals surface area contributed by atoms with Crippen molar-refractivity contribution in [2.24, 2.45) is 5.73 Å². The molecule has 1 heterocycles. The molecule has 0 saturated carbocycles. The van der Waals surface area contributed by atoms with Gasteiger partial charge < -0.3 is 25.6 Å². The molecule has 1 saturated heterocycles. The maximum atomic E-state index is 13.5. The minimum absolute atomic E-state index is 0.193. The Bertz CT molecular complexity index is 875. The SMILES string of the molecule is CC(C)(N)C(=O)N[C@](C)(OCc1ccccc1)C(=O)N1CCN(c2ccccc2)CC1. The highest BCUT2D eigenvalue weighted by molar-refractivity contribution is 5.93. The molecular weight excluding hydrogens is 392 g/mol. The standard InChI is InChI=1S/C24H32N4O3/c1-23(2,25)21(29)26-24(3,31-18-19-10-6-4-7-11-19)22(30)28-16-14-27(15-17-28)20-12-8-5-9-13-20/h4-13H,14-18,25H2,1-3H3,(H,26,29)/t24-/m1/s1. The zero-order valence-electron chi connectivity index (χ0n) is 18.5. The van der Waals surface area contributed by atoms with Gasteiger partial charge in [0, 0.05) is 31.9 Å². The Morgan fingerprint density at radius 3 is 2.03 bits per heavy atom. The van der Waals surface area contributed by atoms with Crippen molar-refractivity contribution in [3.8, 4) is 0 Å². The van der Waals surface area contributed by atoms with Gasteiger partial charge in [-0.25, -0.2) is 0 Å². The van der Waals surface area contributed by atoms with Crippen molar-refractivity contribution in [2.45, 2.75) is 38.6 Å². The van der Waals surface area contributed by atoms with Gasteiger partial charge in [0.05, 0.1) is 12.1 Å². The van der Waals surface area contributed by atoms with Crippen LogP contribution in [0.2, 0.25) is 0 Å². The monoisotopic (exact) mass is 424 g/mol. The van der Waals surface area contributed by atoms with E-state index >= 15 is 0 Å². The van der Waals surface area contributed by atoms with Crippen LogP contribution in [0, 0.1) is 0 Å². The fourth-order valence-corrected chi connectivity index (χ4v) is 3.44. The lowest BCUT2D eigenvalue weighted by atomic mass is 10.0. The maximum absolute atomic E-state index is 13.5. The predicted molar refractivity (Wildman–Crippen MR) is 121 cm³/mol. The molecule has 1 fully saturated rings. The lowest BCUT2D eigenvalue weighted by Gasteiger charge is -2.41. The van der Waals surface area contributed by atoms with Crippen LogP contribution >= 0.6 is 0 Å². The molecule has 2 amide bonds. The zero-order chi connectivity index (χ0) is 22.5. The molecule has 0 bridgehead atoms. The molecule has 31 heavy (non-hydrogen) atoms. The summed E-state index contributed by atoms with van der Waals surface area (Å²) in [5.41, 5.74) is 5.35. The van der Waals surface area contributed by atoms with Crippen molar-refractivity contribution < 1.29 is 14.3 Å². The summed E-state index contributed by atoms with van der Waals surface area (Å²) < 4.78 is 6.02. The van der Waals surface area contributed by atoms with Gasteiger partial charge in [-0.2, -0.15) is 0 Å². The molecular formula is C24H32N4O3. The van der Waals surface area contributed by atoms with Crippen LogP contribution in [-0.4, -0.2) is 54.2 Å². The number of nitrogens with one attached hydrogen (secondary N) is 1. The first-order chi connectivity index (χ1) is 14.7. The van der Waals surface area contributed by atoms with Crippen molar-refractivity contribution in [1.29, 1.82) is 0 Å². The average molecular weight is 425 g/mol. The third-order valence-corrected chi connectivity index (χ3v) is 5.40. The summed E-state index contributed by atoms with van der Waals surface area (Å²) in [5, 5.41) is 2.75. The van der Waals surface area contributed by atoms with Crippen LogP contribution in [0.3, 0.4) is 0 Å². The number of hydrogen-bond acceptors (Lipinski definition) is 5. The number of hydrogen-bond donors (Lipinski definition) is 2. The molecule has 0 aromatic heterocycles. The molecule has 7 heteroatoms. The minimum atomic E-state index is -1.52. The Labute approximate surface area is 184 Å². The summed E-state index contributed by atoms with van der Waals surface area (Å²) in [7, 11) is 0. The van der Waals surface area contributed by atoms with Gasteiger partial charge in [0.1, 0.15) is 0 Å². The van der Waals surface area contributed by atoms with Gasteiger partial charge >= 0.3 is 0 Å². The van der Waals surface area contributed by atoms with Crippen LogP contribution in [0.4, 0.5) is 5.69 Å². The van der Waals surface area contributed by atoms with Crippen LogP contribution < -0.4 is 16.0 Å². The highest BCUT2D eigenvalue weighted by atomic mass is 16.5. The number of nitrogens with two attached hydrogens (primary N) is 1. The number of carbonyl (C=O) groups excluding carboxylic acids is 2. The Kier molecular flexibility index (Phi) is 6.97. The smallest absolute Gasteiger partial charge is 0.275 e. The van der Waals surface area contributed by atoms with Crippen LogP contribution in [-0.2, 0) is 20.9 Å². The molecule has 2 aromatic rings. The quantitative estimate of drug-likeness (QED) is 0.665. The number of piperazine rings is 1. The summed E-state index contributed by atoms with van der Waals surface area (Å²) in [6.07, 6.45) is 0. The number of anilines is 1. The number of benzene rings is 2. The normalized spacial score (nSPS) is 16.5. The second-order valence-corrected chi connectivity index (χ2v) is 8.60. The predicted octanol–water partition coefficient (Wildman–Crippen LogP) is 2.12. The minimum Gasteiger partial charge on any atom is -0.368 e. The summed E-state index contributed by atoms with van der Waals surface area (Å²) in [6.45, 7) is 7.50. The third-order valence-electron chi connectivity index (χ3n) is 5.40. The fraction of sp³-hybridized carbons (Fsp3) is 0.417. The van der Waals surface area contributed by atoms with Crippen LogP contribution in [0.15, 0.2) is 60.7 Å². The highest BCUT2D eigenvalue weighted by Crippen LogP contribution is 2.20. The molecule has 0 spiro atoms. The van der Waals surface area contributed by atoms with Crippen molar-refractivity contribution in [2.75, 3.05) is 31.1 Å². The van der Waals surface area contributed by atoms with E-state index < -0.39 is 17.2 Å². The number of nitrogens with zero attached hydrogens (tertiary/aromatic N) is 2. The van der Waals surface area contributed by atoms with E-state index in [4.69, 9.17) is 10.5 Å². The summed E-state index contributed by atoms with van der Waals surface area (Å²) in [5.74, 6) is -0.715. The number of para-hydroxylation sites is 1. The second-order valence-electron chi connectivity index (χ2n) is 8.60. The fourth-order valence-electron chi connectivity index (χ4n) is 3.44. The van der Waals surface area contributed by atoms with Crippen molar-refractivity contribution in [1.82, 2.24) is 10.2 Å². The van der Waals surface area contributed by atoms with E-state index in [1.54, 1.807) is 25.7 Å². The topological polar surface area (TPSA) is 87.9 Å². The maximum Gasteiger partial charge on any atom is 0.275 e. The average Bonchev–Trinajstić information content (AvgIpc) is 2.78. The van der Waals surface area contributed by atoms with Gasteiger partial charge in [-0.05, 0) is 38.5 Å². The molecule has 166 valence electrons. The van der Waals surface area contributed by atoms with E-state index in [9.17, 15) is 9.59 Å². The van der Waals surface area contributed by atoms with E-state index in [1.165, 1.54) is 0 Å². The van der Waals surface area contributed by atoms with Crippen molar-refractivity contribution >= 4 is 17.5 Å². The lowest BCUT2D eigenvalue weighted by Crippen LogP contribution is -2.65. The van der Waals surface area contributed by atoms with Gasteiger partial charge in [0.15, 0.2) is 0 Å². The number of ether oxygens (including phenoxy) is 1. The van der Waals surface area contributed by atoms with E-state index in [-0.39, 0.29) is 12.5 Å². The lowest BCUT2D eigenvalue weighted by molar-refractivity contribution is -0.168. The molecule has 3 N–H and O–H groups in total. The Morgan fingerprint density at radius 1 is 0.935 bits per heavy atom. The van der Waals surface area contributed by atoms with Crippen molar-refractivity contribution in [3.05, 3.63) is 66.2 Å². The first-order valence-corrected chi connectivity index (χ1v) is 10.6. The molecule has 3 rings (SSSR count). The second kappa shape index (κ2) is 9.49. The molecule has 1 atom stereocenters. The molecule has 1 aliphatic heterocycles. The van der Waals surface area contributed by atoms with E-state index in [0.29, 0.717) is 26.2 Å². The Morgan fingerprint density at radius 2 is 1.48 bits per heavy atom. The molecule has 0 unspecified atom stereocenters. The van der Waals surface area contributed by atoms with E-state index in [1.807, 2.05) is 48.5 Å². The van der Waals surface area contributed by atoms with Gasteiger partial charge in [0.25, 0.3) is 5.91 Å². The molecule has 2 aromatic carbocycles.